The van der Waals surface area contributed by atoms with Gasteiger partial charge in [-0.3, -0.25) is 0 Å². The number of carbonyl (C=O) groups excluding carboxylic acids is 2. The van der Waals surface area contributed by atoms with Gasteiger partial charge in [0.1, 0.15) is 0 Å². The van der Waals surface area contributed by atoms with Crippen LogP contribution in [0.15, 0.2) is 29.2 Å². The molecular formula is C17H25N5O4S2. The number of amides is 4. The Morgan fingerprint density at radius 3 is 2.64 bits per heavy atom. The Balaban J connectivity index is 1.28. The minimum atomic E-state index is -3.71. The van der Waals surface area contributed by atoms with Gasteiger partial charge in [0, 0.05) is 24.1 Å². The van der Waals surface area contributed by atoms with Gasteiger partial charge in [-0.25, -0.2) is 23.1 Å². The normalized spacial score (nSPS) is 23.6. The van der Waals surface area contributed by atoms with E-state index >= 15 is 0 Å². The summed E-state index contributed by atoms with van der Waals surface area (Å²) in [6, 6.07) is 6.18. The Morgan fingerprint density at radius 2 is 1.93 bits per heavy atom. The summed E-state index contributed by atoms with van der Waals surface area (Å²) in [7, 11) is -3.71. The van der Waals surface area contributed by atoms with Crippen molar-refractivity contribution in [3.63, 3.8) is 0 Å². The lowest BCUT2D eigenvalue weighted by Gasteiger charge is -2.16. The smallest absolute Gasteiger partial charge is 0.315 e. The van der Waals surface area contributed by atoms with Gasteiger partial charge in [-0.15, -0.1) is 0 Å². The standard InChI is InChI=1S/C17H25N5O4S2/c18-28(25,26)12-6-4-11(5-7-12)9-20-16(23)19-8-2-1-3-14-15-13(10-27-14)21-17(24)22-15/h4-7,13-15H,1-3,8-10H2,(H2,18,25,26)(H2,19,20,23)(H2,21,22,24)/t13-,14-,15-/m0/s1. The lowest BCUT2D eigenvalue weighted by molar-refractivity contribution is 0.240. The zero-order valence-corrected chi connectivity index (χ0v) is 16.9. The molecule has 2 aliphatic rings. The second kappa shape index (κ2) is 9.01. The predicted octanol–water partition coefficient (Wildman–Crippen LogP) is 0.469. The highest BCUT2D eigenvalue weighted by molar-refractivity contribution is 8.00. The van der Waals surface area contributed by atoms with E-state index in [4.69, 9.17) is 5.14 Å². The van der Waals surface area contributed by atoms with Crippen molar-refractivity contribution >= 4 is 33.8 Å². The quantitative estimate of drug-likeness (QED) is 0.303. The number of hydrogen-bond donors (Lipinski definition) is 5. The molecule has 0 saturated carbocycles. The van der Waals surface area contributed by atoms with E-state index in [1.807, 2.05) is 11.8 Å². The summed E-state index contributed by atoms with van der Waals surface area (Å²) in [6.45, 7) is 0.873. The SMILES string of the molecule is NS(=O)(=O)c1ccc(CNC(=O)NCCCC[C@@H]2SC[C@@H]3NC(=O)N[C@@H]32)cc1. The maximum absolute atomic E-state index is 11.8. The molecule has 9 nitrogen and oxygen atoms in total. The number of hydrogen-bond acceptors (Lipinski definition) is 5. The molecule has 4 amide bonds. The van der Waals surface area contributed by atoms with Crippen LogP contribution in [-0.4, -0.2) is 50.1 Å². The minimum Gasteiger partial charge on any atom is -0.338 e. The van der Waals surface area contributed by atoms with E-state index in [1.54, 1.807) is 12.1 Å². The van der Waals surface area contributed by atoms with Gasteiger partial charge in [0.25, 0.3) is 0 Å². The monoisotopic (exact) mass is 427 g/mol. The van der Waals surface area contributed by atoms with Crippen molar-refractivity contribution in [2.45, 2.75) is 48.0 Å². The van der Waals surface area contributed by atoms with E-state index in [0.717, 1.165) is 30.6 Å². The van der Waals surface area contributed by atoms with Gasteiger partial charge in [0.2, 0.25) is 10.0 Å². The Kier molecular flexibility index (Phi) is 6.68. The van der Waals surface area contributed by atoms with Gasteiger partial charge < -0.3 is 21.3 Å². The third-order valence-corrected chi connectivity index (χ3v) is 7.28. The Hall–Kier alpha value is -1.98. The third-order valence-electron chi connectivity index (χ3n) is 4.84. The molecule has 0 aromatic heterocycles. The van der Waals surface area contributed by atoms with Gasteiger partial charge in [-0.05, 0) is 30.5 Å². The van der Waals surface area contributed by atoms with Crippen LogP contribution in [0.25, 0.3) is 0 Å². The fraction of sp³-hybridized carbons (Fsp3) is 0.529. The summed E-state index contributed by atoms with van der Waals surface area (Å²) in [4.78, 5) is 23.3. The molecule has 2 aliphatic heterocycles. The summed E-state index contributed by atoms with van der Waals surface area (Å²) >= 11 is 1.89. The molecule has 2 fully saturated rings. The molecule has 0 unspecified atom stereocenters. The lowest BCUT2D eigenvalue weighted by Crippen LogP contribution is -2.37. The zero-order chi connectivity index (χ0) is 20.1. The van der Waals surface area contributed by atoms with Gasteiger partial charge in [-0.2, -0.15) is 11.8 Å². The zero-order valence-electron chi connectivity index (χ0n) is 15.3. The number of rotatable bonds is 8. The van der Waals surface area contributed by atoms with Crippen LogP contribution < -0.4 is 26.4 Å². The van der Waals surface area contributed by atoms with Crippen LogP contribution in [0.3, 0.4) is 0 Å². The van der Waals surface area contributed by atoms with E-state index in [-0.39, 0.29) is 29.0 Å². The molecule has 11 heteroatoms. The van der Waals surface area contributed by atoms with E-state index in [1.165, 1.54) is 12.1 Å². The topological polar surface area (TPSA) is 142 Å². The molecule has 28 heavy (non-hydrogen) atoms. The number of nitrogens with one attached hydrogen (secondary N) is 4. The van der Waals surface area contributed by atoms with Gasteiger partial charge in [0.15, 0.2) is 0 Å². The lowest BCUT2D eigenvalue weighted by atomic mass is 10.0. The molecule has 3 atom stereocenters. The number of urea groups is 2. The fourth-order valence-corrected chi connectivity index (χ4v) is 5.42. The number of carbonyl (C=O) groups is 2. The van der Waals surface area contributed by atoms with Gasteiger partial charge >= 0.3 is 12.1 Å². The molecule has 1 aromatic carbocycles. The van der Waals surface area contributed by atoms with Crippen LogP contribution >= 0.6 is 11.8 Å². The number of primary sulfonamides is 1. The van der Waals surface area contributed by atoms with Crippen LogP contribution in [0.1, 0.15) is 24.8 Å². The first-order chi connectivity index (χ1) is 13.3. The summed E-state index contributed by atoms with van der Waals surface area (Å²) < 4.78 is 22.4. The van der Waals surface area contributed by atoms with Crippen molar-refractivity contribution in [1.29, 1.82) is 0 Å². The molecule has 0 bridgehead atoms. The summed E-state index contributed by atoms with van der Waals surface area (Å²) in [6.07, 6.45) is 2.85. The van der Waals surface area contributed by atoms with Crippen LogP contribution in [0.4, 0.5) is 9.59 Å². The van der Waals surface area contributed by atoms with E-state index in [9.17, 15) is 18.0 Å². The van der Waals surface area contributed by atoms with Crippen molar-refractivity contribution in [3.05, 3.63) is 29.8 Å². The van der Waals surface area contributed by atoms with Crippen LogP contribution in [-0.2, 0) is 16.6 Å². The van der Waals surface area contributed by atoms with Crippen molar-refractivity contribution in [3.8, 4) is 0 Å². The molecule has 3 rings (SSSR count). The average molecular weight is 428 g/mol. The minimum absolute atomic E-state index is 0.0420. The van der Waals surface area contributed by atoms with E-state index < -0.39 is 10.0 Å². The van der Waals surface area contributed by atoms with Crippen LogP contribution in [0.2, 0.25) is 0 Å². The fourth-order valence-electron chi connectivity index (χ4n) is 3.36. The summed E-state index contributed by atoms with van der Waals surface area (Å²) in [5.74, 6) is 0.951. The first-order valence-corrected chi connectivity index (χ1v) is 11.7. The largest absolute Gasteiger partial charge is 0.338 e. The Labute approximate surface area is 168 Å². The molecule has 154 valence electrons. The summed E-state index contributed by atoms with van der Waals surface area (Å²) in [5, 5.41) is 16.9. The van der Waals surface area contributed by atoms with Crippen LogP contribution in [0.5, 0.6) is 0 Å². The van der Waals surface area contributed by atoms with Gasteiger partial charge in [-0.1, -0.05) is 18.6 Å². The number of nitrogens with two attached hydrogens (primary N) is 1. The molecule has 0 spiro atoms. The van der Waals surface area contributed by atoms with Crippen molar-refractivity contribution in [1.82, 2.24) is 21.3 Å². The molecular weight excluding hydrogens is 402 g/mol. The number of unbranched alkanes of at least 4 members (excludes halogenated alkanes) is 1. The highest BCUT2D eigenvalue weighted by Crippen LogP contribution is 2.32. The molecule has 2 saturated heterocycles. The highest BCUT2D eigenvalue weighted by atomic mass is 32.2. The molecule has 0 radical (unpaired) electrons. The predicted molar refractivity (Wildman–Crippen MR) is 107 cm³/mol. The highest BCUT2D eigenvalue weighted by Gasteiger charge is 2.42. The Morgan fingerprint density at radius 1 is 1.18 bits per heavy atom. The van der Waals surface area contributed by atoms with Crippen molar-refractivity contribution in [2.24, 2.45) is 5.14 Å². The number of fused-ring (bicyclic) bond motifs is 1. The van der Waals surface area contributed by atoms with Crippen molar-refractivity contribution in [2.75, 3.05) is 12.3 Å². The van der Waals surface area contributed by atoms with Crippen LogP contribution in [0, 0.1) is 0 Å². The maximum Gasteiger partial charge on any atom is 0.315 e. The van der Waals surface area contributed by atoms with Gasteiger partial charge in [0.05, 0.1) is 17.0 Å². The molecule has 6 N–H and O–H groups in total. The molecule has 0 aliphatic carbocycles. The second-order valence-corrected chi connectivity index (χ2v) is 9.75. The van der Waals surface area contributed by atoms with Crippen molar-refractivity contribution < 1.29 is 18.0 Å². The number of sulfonamides is 1. The average Bonchev–Trinajstić information content (AvgIpc) is 3.19. The van der Waals surface area contributed by atoms with E-state index in [0.29, 0.717) is 18.3 Å². The number of benzene rings is 1. The number of thioether (sulfide) groups is 1. The Bertz CT molecular complexity index is 815. The first-order valence-electron chi connectivity index (χ1n) is 9.15. The van der Waals surface area contributed by atoms with E-state index in [2.05, 4.69) is 21.3 Å². The maximum atomic E-state index is 11.8. The third kappa shape index (κ3) is 5.52. The summed E-state index contributed by atoms with van der Waals surface area (Å²) in [5.41, 5.74) is 0.780. The second-order valence-electron chi connectivity index (χ2n) is 6.92. The first kappa shape index (κ1) is 20.7. The molecule has 2 heterocycles. The molecule has 1 aromatic rings.